The molecule has 0 atom stereocenters. The maximum Gasteiger partial charge on any atom is 0.228 e. The van der Waals surface area contributed by atoms with E-state index in [0.717, 1.165) is 11.3 Å². The first kappa shape index (κ1) is 20.9. The SMILES string of the molecule is C#CCN(CC=C)Cc1cnc(S(=O)(=O)CC(C)C)n1Cc1ccccc1. The summed E-state index contributed by atoms with van der Waals surface area (Å²) in [6.45, 7) is 9.57. The fourth-order valence-electron chi connectivity index (χ4n) is 2.94. The van der Waals surface area contributed by atoms with Crippen LogP contribution in [0.25, 0.3) is 0 Å². The molecule has 5 nitrogen and oxygen atoms in total. The van der Waals surface area contributed by atoms with Crippen molar-refractivity contribution in [3.05, 3.63) is 60.4 Å². The summed E-state index contributed by atoms with van der Waals surface area (Å²) in [4.78, 5) is 6.30. The number of rotatable bonds is 10. The van der Waals surface area contributed by atoms with Crippen LogP contribution in [-0.4, -0.2) is 41.7 Å². The number of sulfone groups is 1. The molecule has 0 unspecified atom stereocenters. The molecule has 0 aliphatic carbocycles. The van der Waals surface area contributed by atoms with Gasteiger partial charge in [-0.1, -0.05) is 56.2 Å². The quantitative estimate of drug-likeness (QED) is 0.466. The number of nitrogens with zero attached hydrogens (tertiary/aromatic N) is 3. The Labute approximate surface area is 162 Å². The molecule has 0 aliphatic heterocycles. The van der Waals surface area contributed by atoms with Gasteiger partial charge in [-0.25, -0.2) is 13.4 Å². The van der Waals surface area contributed by atoms with Gasteiger partial charge in [0.05, 0.1) is 30.7 Å². The Morgan fingerprint density at radius 3 is 2.63 bits per heavy atom. The fraction of sp³-hybridized carbons (Fsp3) is 0.381. The summed E-state index contributed by atoms with van der Waals surface area (Å²) in [6, 6.07) is 9.78. The Hall–Kier alpha value is -2.36. The second-order valence-corrected chi connectivity index (χ2v) is 8.87. The second kappa shape index (κ2) is 9.54. The number of terminal acetylenes is 1. The molecule has 144 valence electrons. The van der Waals surface area contributed by atoms with Crippen molar-refractivity contribution < 1.29 is 8.42 Å². The second-order valence-electron chi connectivity index (χ2n) is 6.94. The average molecular weight is 386 g/mol. The lowest BCUT2D eigenvalue weighted by molar-refractivity contribution is 0.322. The van der Waals surface area contributed by atoms with Crippen molar-refractivity contribution in [2.75, 3.05) is 18.8 Å². The van der Waals surface area contributed by atoms with Crippen molar-refractivity contribution in [2.45, 2.75) is 32.1 Å². The topological polar surface area (TPSA) is 55.2 Å². The Morgan fingerprint density at radius 1 is 1.33 bits per heavy atom. The highest BCUT2D eigenvalue weighted by Gasteiger charge is 2.25. The van der Waals surface area contributed by atoms with Gasteiger partial charge in [-0.15, -0.1) is 13.0 Å². The minimum Gasteiger partial charge on any atom is -0.313 e. The first-order valence-corrected chi connectivity index (χ1v) is 10.6. The fourth-order valence-corrected chi connectivity index (χ4v) is 4.70. The summed E-state index contributed by atoms with van der Waals surface area (Å²) in [6.07, 6.45) is 8.88. The molecule has 1 heterocycles. The summed E-state index contributed by atoms with van der Waals surface area (Å²) >= 11 is 0. The van der Waals surface area contributed by atoms with Crippen LogP contribution in [-0.2, 0) is 22.9 Å². The average Bonchev–Trinajstić information content (AvgIpc) is 2.98. The van der Waals surface area contributed by atoms with E-state index in [-0.39, 0.29) is 16.8 Å². The Kier molecular flexibility index (Phi) is 7.40. The molecular weight excluding hydrogens is 358 g/mol. The number of benzene rings is 1. The van der Waals surface area contributed by atoms with Gasteiger partial charge >= 0.3 is 0 Å². The molecule has 1 aromatic carbocycles. The zero-order valence-electron chi connectivity index (χ0n) is 16.0. The van der Waals surface area contributed by atoms with Crippen molar-refractivity contribution in [2.24, 2.45) is 5.92 Å². The Balaban J connectivity index is 2.44. The molecular formula is C21H27N3O2S. The van der Waals surface area contributed by atoms with Gasteiger partial charge < -0.3 is 4.57 Å². The summed E-state index contributed by atoms with van der Waals surface area (Å²) in [7, 11) is -3.48. The zero-order chi connectivity index (χ0) is 19.9. The number of imidazole rings is 1. The molecule has 1 aromatic heterocycles. The van der Waals surface area contributed by atoms with E-state index >= 15 is 0 Å². The minimum atomic E-state index is -3.48. The van der Waals surface area contributed by atoms with Crippen molar-refractivity contribution in [3.63, 3.8) is 0 Å². The maximum absolute atomic E-state index is 12.9. The molecule has 0 bridgehead atoms. The van der Waals surface area contributed by atoms with E-state index in [0.29, 0.717) is 26.2 Å². The Bertz CT molecular complexity index is 893. The van der Waals surface area contributed by atoms with Crippen molar-refractivity contribution >= 4 is 9.84 Å². The van der Waals surface area contributed by atoms with Gasteiger partial charge in [-0.05, 0) is 11.5 Å². The van der Waals surface area contributed by atoms with Crippen LogP contribution in [0.1, 0.15) is 25.1 Å². The molecule has 27 heavy (non-hydrogen) atoms. The zero-order valence-corrected chi connectivity index (χ0v) is 16.8. The normalized spacial score (nSPS) is 11.7. The van der Waals surface area contributed by atoms with Crippen LogP contribution in [0.4, 0.5) is 0 Å². The lowest BCUT2D eigenvalue weighted by Crippen LogP contribution is -2.26. The molecule has 6 heteroatoms. The molecule has 0 amide bonds. The Morgan fingerprint density at radius 2 is 2.04 bits per heavy atom. The van der Waals surface area contributed by atoms with Crippen molar-refractivity contribution in [3.8, 4) is 12.3 Å². The van der Waals surface area contributed by atoms with Crippen LogP contribution < -0.4 is 0 Å². The van der Waals surface area contributed by atoms with E-state index in [9.17, 15) is 8.42 Å². The third-order valence-electron chi connectivity index (χ3n) is 4.00. The number of aromatic nitrogens is 2. The van der Waals surface area contributed by atoms with Crippen LogP contribution in [0.5, 0.6) is 0 Å². The summed E-state index contributed by atoms with van der Waals surface area (Å²) in [5.41, 5.74) is 1.84. The van der Waals surface area contributed by atoms with E-state index in [1.165, 1.54) is 0 Å². The van der Waals surface area contributed by atoms with Gasteiger partial charge in [0, 0.05) is 13.1 Å². The van der Waals surface area contributed by atoms with E-state index < -0.39 is 9.84 Å². The molecule has 0 fully saturated rings. The van der Waals surface area contributed by atoms with E-state index in [4.69, 9.17) is 6.42 Å². The maximum atomic E-state index is 12.9. The van der Waals surface area contributed by atoms with E-state index in [1.54, 1.807) is 16.8 Å². The summed E-state index contributed by atoms with van der Waals surface area (Å²) < 4.78 is 27.5. The van der Waals surface area contributed by atoms with Crippen LogP contribution >= 0.6 is 0 Å². The lowest BCUT2D eigenvalue weighted by atomic mass is 10.2. The van der Waals surface area contributed by atoms with Crippen LogP contribution in [0.3, 0.4) is 0 Å². The van der Waals surface area contributed by atoms with Crippen LogP contribution in [0, 0.1) is 18.3 Å². The van der Waals surface area contributed by atoms with Gasteiger partial charge in [0.2, 0.25) is 15.0 Å². The van der Waals surface area contributed by atoms with E-state index in [1.807, 2.05) is 49.1 Å². The molecule has 2 rings (SSSR count). The highest BCUT2D eigenvalue weighted by atomic mass is 32.2. The smallest absolute Gasteiger partial charge is 0.228 e. The molecule has 0 saturated heterocycles. The van der Waals surface area contributed by atoms with Crippen molar-refractivity contribution in [1.82, 2.24) is 14.5 Å². The first-order chi connectivity index (χ1) is 12.9. The molecule has 0 N–H and O–H groups in total. The van der Waals surface area contributed by atoms with Gasteiger partial charge in [0.15, 0.2) is 0 Å². The van der Waals surface area contributed by atoms with E-state index in [2.05, 4.69) is 17.5 Å². The van der Waals surface area contributed by atoms with Gasteiger partial charge in [-0.3, -0.25) is 4.90 Å². The molecule has 0 aliphatic rings. The molecule has 0 spiro atoms. The van der Waals surface area contributed by atoms with Gasteiger partial charge in [0.1, 0.15) is 0 Å². The minimum absolute atomic E-state index is 0.0269. The van der Waals surface area contributed by atoms with Crippen molar-refractivity contribution in [1.29, 1.82) is 0 Å². The summed E-state index contributed by atoms with van der Waals surface area (Å²) in [5.74, 6) is 2.73. The van der Waals surface area contributed by atoms with Gasteiger partial charge in [0.25, 0.3) is 0 Å². The third kappa shape index (κ3) is 5.81. The van der Waals surface area contributed by atoms with Crippen LogP contribution in [0.15, 0.2) is 54.3 Å². The molecule has 0 radical (unpaired) electrons. The highest BCUT2D eigenvalue weighted by molar-refractivity contribution is 7.91. The third-order valence-corrected chi connectivity index (χ3v) is 5.99. The van der Waals surface area contributed by atoms with Crippen LogP contribution in [0.2, 0.25) is 0 Å². The first-order valence-electron chi connectivity index (χ1n) is 8.95. The number of hydrogen-bond donors (Lipinski definition) is 0. The number of hydrogen-bond acceptors (Lipinski definition) is 4. The molecule has 0 saturated carbocycles. The largest absolute Gasteiger partial charge is 0.313 e. The standard InChI is InChI=1S/C21H27N3O2S/c1-5-12-23(13-6-2)16-20-14-22-21(27(25,26)17-18(3)4)24(20)15-19-10-8-7-9-11-19/h1,6-11,14,18H,2,12-13,15-17H2,3-4H3. The molecule has 2 aromatic rings. The monoisotopic (exact) mass is 385 g/mol. The predicted molar refractivity (Wildman–Crippen MR) is 109 cm³/mol. The highest BCUT2D eigenvalue weighted by Crippen LogP contribution is 2.19. The van der Waals surface area contributed by atoms with Gasteiger partial charge in [-0.2, -0.15) is 0 Å². The lowest BCUT2D eigenvalue weighted by Gasteiger charge is -2.20. The predicted octanol–water partition coefficient (Wildman–Crippen LogP) is 2.98. The summed E-state index contributed by atoms with van der Waals surface area (Å²) in [5, 5.41) is 0.120.